The van der Waals surface area contributed by atoms with Crippen LogP contribution in [-0.4, -0.2) is 63.9 Å². The SMILES string of the molecule is CCOC(=O)[C@@H](N(Cc1ccccc1)Cc1ccccc1)C1(O)CCN(C(=O)OC(C)(C)C)CC1. The molecule has 1 amide bonds. The molecule has 3 rings (SSSR count). The van der Waals surface area contributed by atoms with Crippen LogP contribution in [-0.2, 0) is 27.4 Å². The van der Waals surface area contributed by atoms with Gasteiger partial charge in [-0.25, -0.2) is 4.79 Å². The maximum atomic E-state index is 13.3. The summed E-state index contributed by atoms with van der Waals surface area (Å²) in [4.78, 5) is 29.5. The summed E-state index contributed by atoms with van der Waals surface area (Å²) in [6.07, 6.45) is 0.0867. The Morgan fingerprint density at radius 2 is 1.46 bits per heavy atom. The topological polar surface area (TPSA) is 79.3 Å². The summed E-state index contributed by atoms with van der Waals surface area (Å²) >= 11 is 0. The van der Waals surface area contributed by atoms with Gasteiger partial charge in [0, 0.05) is 26.2 Å². The lowest BCUT2D eigenvalue weighted by Gasteiger charge is -2.45. The van der Waals surface area contributed by atoms with Gasteiger partial charge in [-0.05, 0) is 51.7 Å². The molecule has 0 aliphatic carbocycles. The number of carbonyl (C=O) groups excluding carboxylic acids is 2. The van der Waals surface area contributed by atoms with Crippen LogP contribution in [0.1, 0.15) is 51.7 Å². The minimum Gasteiger partial charge on any atom is -0.465 e. The molecule has 0 bridgehead atoms. The molecule has 2 aromatic rings. The monoisotopic (exact) mass is 482 g/mol. The van der Waals surface area contributed by atoms with Crippen LogP contribution < -0.4 is 0 Å². The van der Waals surface area contributed by atoms with Gasteiger partial charge >= 0.3 is 12.1 Å². The number of piperidine rings is 1. The number of rotatable bonds is 8. The summed E-state index contributed by atoms with van der Waals surface area (Å²) in [7, 11) is 0. The molecule has 1 fully saturated rings. The number of likely N-dealkylation sites (tertiary alicyclic amines) is 1. The van der Waals surface area contributed by atoms with Gasteiger partial charge in [0.2, 0.25) is 0 Å². The number of amides is 1. The average molecular weight is 483 g/mol. The van der Waals surface area contributed by atoms with E-state index >= 15 is 0 Å². The van der Waals surface area contributed by atoms with Crippen LogP contribution in [0.5, 0.6) is 0 Å². The van der Waals surface area contributed by atoms with E-state index in [0.29, 0.717) is 26.2 Å². The van der Waals surface area contributed by atoms with Crippen molar-refractivity contribution in [2.24, 2.45) is 0 Å². The van der Waals surface area contributed by atoms with Crippen LogP contribution in [0.3, 0.4) is 0 Å². The third kappa shape index (κ3) is 7.54. The van der Waals surface area contributed by atoms with Gasteiger partial charge in [0.05, 0.1) is 12.2 Å². The number of hydrogen-bond donors (Lipinski definition) is 1. The van der Waals surface area contributed by atoms with Gasteiger partial charge in [-0.2, -0.15) is 0 Å². The molecule has 1 N–H and O–H groups in total. The Kier molecular flexibility index (Phi) is 8.92. The standard InChI is InChI=1S/C28H38N2O5/c1-5-34-25(31)24(28(33)16-18-29(19-17-28)26(32)35-27(2,3)4)30(20-22-12-8-6-9-13-22)21-23-14-10-7-11-15-23/h6-15,24,33H,5,16-21H2,1-4H3/t24-/m1/s1. The predicted octanol–water partition coefficient (Wildman–Crippen LogP) is 4.38. The van der Waals surface area contributed by atoms with E-state index in [2.05, 4.69) is 0 Å². The van der Waals surface area contributed by atoms with Crippen molar-refractivity contribution < 1.29 is 24.2 Å². The zero-order chi connectivity index (χ0) is 25.5. The Balaban J connectivity index is 1.88. The second-order valence-corrected chi connectivity index (χ2v) is 10.1. The van der Waals surface area contributed by atoms with Crippen LogP contribution in [0.4, 0.5) is 4.79 Å². The molecule has 0 radical (unpaired) electrons. The van der Waals surface area contributed by atoms with Crippen molar-refractivity contribution in [1.29, 1.82) is 0 Å². The van der Waals surface area contributed by atoms with Gasteiger partial charge in [-0.15, -0.1) is 0 Å². The van der Waals surface area contributed by atoms with E-state index in [1.54, 1.807) is 11.8 Å². The van der Waals surface area contributed by atoms with Crippen molar-refractivity contribution >= 4 is 12.1 Å². The molecular weight excluding hydrogens is 444 g/mol. The fourth-order valence-corrected chi connectivity index (χ4v) is 4.48. The summed E-state index contributed by atoms with van der Waals surface area (Å²) in [6.45, 7) is 9.00. The summed E-state index contributed by atoms with van der Waals surface area (Å²) in [5.41, 5.74) is 0.120. The molecule has 7 nitrogen and oxygen atoms in total. The predicted molar refractivity (Wildman–Crippen MR) is 135 cm³/mol. The number of aliphatic hydroxyl groups is 1. The summed E-state index contributed by atoms with van der Waals surface area (Å²) in [6, 6.07) is 18.9. The minimum atomic E-state index is -1.35. The van der Waals surface area contributed by atoms with Crippen LogP contribution in [0.2, 0.25) is 0 Å². The average Bonchev–Trinajstić information content (AvgIpc) is 2.80. The summed E-state index contributed by atoms with van der Waals surface area (Å²) < 4.78 is 11.0. The Morgan fingerprint density at radius 3 is 1.89 bits per heavy atom. The molecule has 1 atom stereocenters. The molecule has 0 unspecified atom stereocenters. The first-order valence-corrected chi connectivity index (χ1v) is 12.3. The number of ether oxygens (including phenoxy) is 2. The zero-order valence-corrected chi connectivity index (χ0v) is 21.3. The zero-order valence-electron chi connectivity index (χ0n) is 21.3. The van der Waals surface area contributed by atoms with Crippen LogP contribution in [0.15, 0.2) is 60.7 Å². The highest BCUT2D eigenvalue weighted by atomic mass is 16.6. The maximum absolute atomic E-state index is 13.3. The van der Waals surface area contributed by atoms with Crippen molar-refractivity contribution in [3.05, 3.63) is 71.8 Å². The first-order valence-electron chi connectivity index (χ1n) is 12.3. The summed E-state index contributed by atoms with van der Waals surface area (Å²) in [5.74, 6) is -0.451. The molecule has 1 heterocycles. The van der Waals surface area contributed by atoms with Crippen LogP contribution in [0, 0.1) is 0 Å². The Labute approximate surface area is 208 Å². The van der Waals surface area contributed by atoms with E-state index in [9.17, 15) is 14.7 Å². The largest absolute Gasteiger partial charge is 0.465 e. The molecule has 2 aromatic carbocycles. The van der Waals surface area contributed by atoms with E-state index < -0.39 is 29.3 Å². The van der Waals surface area contributed by atoms with Crippen LogP contribution in [0.25, 0.3) is 0 Å². The number of carbonyl (C=O) groups is 2. The molecular formula is C28H38N2O5. The fourth-order valence-electron chi connectivity index (χ4n) is 4.48. The first kappa shape index (κ1) is 26.7. The molecule has 1 saturated heterocycles. The van der Waals surface area contributed by atoms with Crippen molar-refractivity contribution in [2.75, 3.05) is 19.7 Å². The van der Waals surface area contributed by atoms with Gasteiger partial charge in [0.15, 0.2) is 0 Å². The highest BCUT2D eigenvalue weighted by molar-refractivity contribution is 5.77. The maximum Gasteiger partial charge on any atom is 0.410 e. The molecule has 0 saturated carbocycles. The van der Waals surface area contributed by atoms with E-state index in [1.165, 1.54) is 0 Å². The minimum absolute atomic E-state index is 0.222. The molecule has 0 spiro atoms. The second kappa shape index (κ2) is 11.7. The van der Waals surface area contributed by atoms with Crippen molar-refractivity contribution in [3.63, 3.8) is 0 Å². The quantitative estimate of drug-likeness (QED) is 0.563. The Morgan fingerprint density at radius 1 is 0.971 bits per heavy atom. The van der Waals surface area contributed by atoms with Crippen molar-refractivity contribution in [3.8, 4) is 0 Å². The van der Waals surface area contributed by atoms with E-state index in [0.717, 1.165) is 11.1 Å². The van der Waals surface area contributed by atoms with Gasteiger partial charge < -0.3 is 19.5 Å². The van der Waals surface area contributed by atoms with Crippen LogP contribution >= 0.6 is 0 Å². The van der Waals surface area contributed by atoms with Crippen molar-refractivity contribution in [1.82, 2.24) is 9.80 Å². The third-order valence-corrected chi connectivity index (χ3v) is 6.12. The number of esters is 1. The number of hydrogen-bond acceptors (Lipinski definition) is 6. The van der Waals surface area contributed by atoms with Gasteiger partial charge in [0.25, 0.3) is 0 Å². The lowest BCUT2D eigenvalue weighted by molar-refractivity contribution is -0.167. The van der Waals surface area contributed by atoms with Gasteiger partial charge in [-0.1, -0.05) is 60.7 Å². The number of benzene rings is 2. The lowest BCUT2D eigenvalue weighted by Crippen LogP contribution is -2.61. The molecule has 190 valence electrons. The molecule has 1 aliphatic heterocycles. The normalized spacial score (nSPS) is 16.6. The van der Waals surface area contributed by atoms with E-state index in [4.69, 9.17) is 9.47 Å². The first-order chi connectivity index (χ1) is 16.6. The smallest absolute Gasteiger partial charge is 0.410 e. The van der Waals surface area contributed by atoms with Crippen molar-refractivity contribution in [2.45, 2.75) is 70.9 Å². The van der Waals surface area contributed by atoms with E-state index in [1.807, 2.05) is 86.3 Å². The summed E-state index contributed by atoms with van der Waals surface area (Å²) in [5, 5.41) is 11.9. The molecule has 7 heteroatoms. The van der Waals surface area contributed by atoms with Gasteiger partial charge in [-0.3, -0.25) is 9.69 Å². The Hall–Kier alpha value is -2.90. The highest BCUT2D eigenvalue weighted by Crippen LogP contribution is 2.32. The fraction of sp³-hybridized carbons (Fsp3) is 0.500. The Bertz CT molecular complexity index is 909. The third-order valence-electron chi connectivity index (χ3n) is 6.12. The number of nitrogens with zero attached hydrogens (tertiary/aromatic N) is 2. The highest BCUT2D eigenvalue weighted by Gasteiger charge is 2.48. The molecule has 0 aromatic heterocycles. The molecule has 1 aliphatic rings. The van der Waals surface area contributed by atoms with Gasteiger partial charge in [0.1, 0.15) is 11.6 Å². The molecule has 35 heavy (non-hydrogen) atoms. The lowest BCUT2D eigenvalue weighted by atomic mass is 9.82. The van der Waals surface area contributed by atoms with E-state index in [-0.39, 0.29) is 19.4 Å². The second-order valence-electron chi connectivity index (χ2n) is 10.1.